The van der Waals surface area contributed by atoms with Gasteiger partial charge in [0.2, 0.25) is 0 Å². The first-order valence-corrected chi connectivity index (χ1v) is 4.28. The zero-order chi connectivity index (χ0) is 11.0. The molecule has 0 aromatic carbocycles. The van der Waals surface area contributed by atoms with E-state index >= 15 is 0 Å². The number of carbonyl (C=O) groups excluding carboxylic acids is 1. The van der Waals surface area contributed by atoms with Crippen LogP contribution in [0.5, 0.6) is 0 Å². The van der Waals surface area contributed by atoms with Crippen molar-refractivity contribution in [3.05, 3.63) is 0 Å². The highest BCUT2D eigenvalue weighted by Gasteiger charge is 2.12. The summed E-state index contributed by atoms with van der Waals surface area (Å²) in [4.78, 5) is 12.0. The maximum atomic E-state index is 12.0. The number of ether oxygens (including phenoxy) is 1. The Labute approximate surface area is 81.5 Å². The lowest BCUT2D eigenvalue weighted by molar-refractivity contribution is -0.141. The predicted molar refractivity (Wildman–Crippen MR) is 46.2 cm³/mol. The first-order chi connectivity index (χ1) is 6.60. The number of hydrogen-bond acceptors (Lipinski definition) is 4. The van der Waals surface area contributed by atoms with Crippen LogP contribution in [0, 0.1) is 0 Å². The van der Waals surface area contributed by atoms with E-state index in [0.717, 1.165) is 0 Å². The van der Waals surface area contributed by atoms with Gasteiger partial charge in [-0.15, -0.1) is 0 Å². The molecule has 0 saturated carbocycles. The zero-order valence-corrected chi connectivity index (χ0v) is 8.08. The average Bonchev–Trinajstić information content (AvgIpc) is 2.13. The molecular formula is C8H15F2NO3. The number of esters is 1. The normalized spacial score (nSPS) is 11.0. The molecule has 0 aromatic rings. The van der Waals surface area contributed by atoms with Gasteiger partial charge in [-0.1, -0.05) is 0 Å². The highest BCUT2D eigenvalue weighted by Crippen LogP contribution is 1.99. The Balaban J connectivity index is 3.77. The van der Waals surface area contributed by atoms with E-state index in [9.17, 15) is 13.6 Å². The summed E-state index contributed by atoms with van der Waals surface area (Å²) in [6.07, 6.45) is -2.40. The van der Waals surface area contributed by atoms with Crippen LogP contribution < -0.4 is 0 Å². The number of carbonyl (C=O) groups is 1. The molecule has 0 radical (unpaired) electrons. The summed E-state index contributed by atoms with van der Waals surface area (Å²) in [5.74, 6) is -0.442. The molecule has 0 unspecified atom stereocenters. The van der Waals surface area contributed by atoms with E-state index in [-0.39, 0.29) is 26.1 Å². The van der Waals surface area contributed by atoms with Crippen LogP contribution in [0.25, 0.3) is 0 Å². The quantitative estimate of drug-likeness (QED) is 0.607. The summed E-state index contributed by atoms with van der Waals surface area (Å²) >= 11 is 0. The van der Waals surface area contributed by atoms with Crippen LogP contribution in [0.2, 0.25) is 0 Å². The molecule has 0 saturated heterocycles. The molecule has 0 spiro atoms. The topological polar surface area (TPSA) is 49.8 Å². The van der Waals surface area contributed by atoms with Crippen LogP contribution in [0.3, 0.4) is 0 Å². The lowest BCUT2D eigenvalue weighted by Crippen LogP contribution is -2.33. The summed E-state index contributed by atoms with van der Waals surface area (Å²) in [5.41, 5.74) is 0. The molecule has 0 aliphatic carbocycles. The van der Waals surface area contributed by atoms with Gasteiger partial charge in [-0.3, -0.25) is 9.69 Å². The van der Waals surface area contributed by atoms with E-state index in [2.05, 4.69) is 4.74 Å². The van der Waals surface area contributed by atoms with Crippen molar-refractivity contribution in [1.29, 1.82) is 0 Å². The largest absolute Gasteiger partial charge is 0.469 e. The third-order valence-corrected chi connectivity index (χ3v) is 1.67. The zero-order valence-electron chi connectivity index (χ0n) is 8.08. The summed E-state index contributed by atoms with van der Waals surface area (Å²) in [5, 5.41) is 8.57. The molecule has 0 atom stereocenters. The first-order valence-electron chi connectivity index (χ1n) is 4.28. The minimum Gasteiger partial charge on any atom is -0.469 e. The van der Waals surface area contributed by atoms with Crippen LogP contribution in [0.15, 0.2) is 0 Å². The molecule has 0 rings (SSSR count). The van der Waals surface area contributed by atoms with Crippen molar-refractivity contribution in [3.8, 4) is 0 Å². The minimum absolute atomic E-state index is 0.0587. The number of rotatable bonds is 7. The summed E-state index contributed by atoms with van der Waals surface area (Å²) in [6.45, 7) is -0.315. The Kier molecular flexibility index (Phi) is 7.23. The second-order valence-electron chi connectivity index (χ2n) is 2.74. The van der Waals surface area contributed by atoms with Gasteiger partial charge in [0.05, 0.1) is 26.7 Å². The van der Waals surface area contributed by atoms with Crippen LogP contribution in [0.1, 0.15) is 6.42 Å². The number of aliphatic hydroxyl groups is 1. The smallest absolute Gasteiger partial charge is 0.306 e. The molecule has 84 valence electrons. The molecule has 0 fully saturated rings. The molecule has 6 heteroatoms. The van der Waals surface area contributed by atoms with Gasteiger partial charge < -0.3 is 9.84 Å². The lowest BCUT2D eigenvalue weighted by Gasteiger charge is -2.19. The molecule has 1 N–H and O–H groups in total. The van der Waals surface area contributed by atoms with Gasteiger partial charge >= 0.3 is 5.97 Å². The molecule has 0 heterocycles. The second kappa shape index (κ2) is 7.64. The SMILES string of the molecule is COC(=O)CCN(CCO)CC(F)F. The number of halogens is 2. The van der Waals surface area contributed by atoms with Crippen molar-refractivity contribution >= 4 is 5.97 Å². The van der Waals surface area contributed by atoms with Crippen molar-refractivity contribution in [2.45, 2.75) is 12.8 Å². The van der Waals surface area contributed by atoms with Crippen LogP contribution in [0.4, 0.5) is 8.78 Å². The monoisotopic (exact) mass is 211 g/mol. The maximum Gasteiger partial charge on any atom is 0.306 e. The highest BCUT2D eigenvalue weighted by atomic mass is 19.3. The second-order valence-corrected chi connectivity index (χ2v) is 2.74. The molecule has 0 aromatic heterocycles. The third kappa shape index (κ3) is 6.73. The van der Waals surface area contributed by atoms with Crippen LogP contribution in [-0.4, -0.2) is 55.8 Å². The molecule has 14 heavy (non-hydrogen) atoms. The van der Waals surface area contributed by atoms with Gasteiger partial charge in [0, 0.05) is 13.1 Å². The van der Waals surface area contributed by atoms with Gasteiger partial charge in [0.15, 0.2) is 0 Å². The van der Waals surface area contributed by atoms with E-state index < -0.39 is 18.9 Å². The van der Waals surface area contributed by atoms with Gasteiger partial charge in [-0.2, -0.15) is 0 Å². The van der Waals surface area contributed by atoms with E-state index in [1.165, 1.54) is 12.0 Å². The average molecular weight is 211 g/mol. The van der Waals surface area contributed by atoms with Crippen LogP contribution >= 0.6 is 0 Å². The number of alkyl halides is 2. The van der Waals surface area contributed by atoms with E-state index in [1.807, 2.05) is 0 Å². The highest BCUT2D eigenvalue weighted by molar-refractivity contribution is 5.69. The maximum absolute atomic E-state index is 12.0. The predicted octanol–water partition coefficient (Wildman–Crippen LogP) is 0.109. The Morgan fingerprint density at radius 1 is 1.50 bits per heavy atom. The van der Waals surface area contributed by atoms with Gasteiger partial charge in [0.1, 0.15) is 0 Å². The fourth-order valence-corrected chi connectivity index (χ4v) is 0.982. The fourth-order valence-electron chi connectivity index (χ4n) is 0.982. The van der Waals surface area contributed by atoms with Gasteiger partial charge in [0.25, 0.3) is 6.43 Å². The van der Waals surface area contributed by atoms with E-state index in [1.54, 1.807) is 0 Å². The standard InChI is InChI=1S/C8H15F2NO3/c1-14-8(13)2-3-11(4-5-12)6-7(9)10/h7,12H,2-6H2,1H3. The molecule has 0 bridgehead atoms. The van der Waals surface area contributed by atoms with Gasteiger partial charge in [-0.05, 0) is 0 Å². The fraction of sp³-hybridized carbons (Fsp3) is 0.875. The van der Waals surface area contributed by atoms with Gasteiger partial charge in [-0.25, -0.2) is 8.78 Å². The summed E-state index contributed by atoms with van der Waals surface area (Å²) in [7, 11) is 1.24. The minimum atomic E-state index is -2.46. The Morgan fingerprint density at radius 2 is 2.14 bits per heavy atom. The molecular weight excluding hydrogens is 196 g/mol. The number of nitrogens with zero attached hydrogens (tertiary/aromatic N) is 1. The molecule has 0 amide bonds. The Morgan fingerprint density at radius 3 is 2.57 bits per heavy atom. The van der Waals surface area contributed by atoms with Crippen molar-refractivity contribution in [2.24, 2.45) is 0 Å². The van der Waals surface area contributed by atoms with E-state index in [0.29, 0.717) is 0 Å². The van der Waals surface area contributed by atoms with Crippen molar-refractivity contribution in [1.82, 2.24) is 4.90 Å². The molecule has 0 aliphatic rings. The number of hydrogen-bond donors (Lipinski definition) is 1. The number of methoxy groups -OCH3 is 1. The Bertz CT molecular complexity index is 167. The Hall–Kier alpha value is -0.750. The lowest BCUT2D eigenvalue weighted by atomic mass is 10.3. The molecule has 0 aliphatic heterocycles. The van der Waals surface area contributed by atoms with Crippen molar-refractivity contribution in [2.75, 3.05) is 33.4 Å². The third-order valence-electron chi connectivity index (χ3n) is 1.67. The van der Waals surface area contributed by atoms with Crippen molar-refractivity contribution < 1.29 is 23.4 Å². The van der Waals surface area contributed by atoms with Crippen LogP contribution in [-0.2, 0) is 9.53 Å². The summed E-state index contributed by atoms with van der Waals surface area (Å²) < 4.78 is 28.3. The number of aliphatic hydroxyl groups excluding tert-OH is 1. The van der Waals surface area contributed by atoms with Crippen molar-refractivity contribution in [3.63, 3.8) is 0 Å². The first kappa shape index (κ1) is 13.2. The van der Waals surface area contributed by atoms with E-state index in [4.69, 9.17) is 5.11 Å². The summed E-state index contributed by atoms with van der Waals surface area (Å²) in [6, 6.07) is 0. The molecule has 4 nitrogen and oxygen atoms in total.